The Morgan fingerprint density at radius 3 is 2.47 bits per heavy atom. The van der Waals surface area contributed by atoms with E-state index >= 15 is 0 Å². The third-order valence-corrected chi connectivity index (χ3v) is 3.46. The molecule has 0 bridgehead atoms. The van der Waals surface area contributed by atoms with Crippen molar-refractivity contribution in [2.75, 3.05) is 0 Å². The number of hydrogen-bond donors (Lipinski definition) is 1. The van der Waals surface area contributed by atoms with Crippen LogP contribution in [0.5, 0.6) is 0 Å². The molecule has 0 spiro atoms. The van der Waals surface area contributed by atoms with Crippen LogP contribution in [0.2, 0.25) is 5.15 Å². The molecule has 1 aromatic rings. The largest absolute Gasteiger partial charge is 0.435 e. The molecule has 1 aliphatic carbocycles. The number of aliphatic hydroxyl groups is 1. The summed E-state index contributed by atoms with van der Waals surface area (Å²) in [7, 11) is 0. The maximum Gasteiger partial charge on any atom is 0.435 e. The first-order valence-electron chi connectivity index (χ1n) is 5.31. The van der Waals surface area contributed by atoms with Crippen molar-refractivity contribution in [2.45, 2.75) is 38.6 Å². The lowest BCUT2D eigenvalue weighted by atomic mass is 10.2. The molecule has 0 saturated heterocycles. The second kappa shape index (κ2) is 4.17. The average Bonchev–Trinajstić information content (AvgIpc) is 3.00. The molecule has 0 amide bonds. The van der Waals surface area contributed by atoms with Gasteiger partial charge in [-0.25, -0.2) is 4.68 Å². The van der Waals surface area contributed by atoms with Crippen LogP contribution in [-0.2, 0) is 12.8 Å². The van der Waals surface area contributed by atoms with Gasteiger partial charge in [0.05, 0.1) is 12.6 Å². The first-order chi connectivity index (χ1) is 7.86. The van der Waals surface area contributed by atoms with Crippen LogP contribution in [0, 0.1) is 5.92 Å². The van der Waals surface area contributed by atoms with E-state index in [0.29, 0.717) is 5.92 Å². The second-order valence-electron chi connectivity index (χ2n) is 4.30. The van der Waals surface area contributed by atoms with Gasteiger partial charge in [-0.2, -0.15) is 18.3 Å². The Kier molecular flexibility index (Phi) is 3.12. The van der Waals surface area contributed by atoms with Crippen molar-refractivity contribution in [2.24, 2.45) is 5.92 Å². The number of alkyl halides is 3. The van der Waals surface area contributed by atoms with Gasteiger partial charge in [0.15, 0.2) is 5.69 Å². The van der Waals surface area contributed by atoms with Crippen LogP contribution in [0.25, 0.3) is 0 Å². The summed E-state index contributed by atoms with van der Waals surface area (Å²) in [6.07, 6.45) is -2.63. The van der Waals surface area contributed by atoms with Gasteiger partial charge in [0.1, 0.15) is 5.15 Å². The van der Waals surface area contributed by atoms with Crippen molar-refractivity contribution >= 4 is 11.6 Å². The highest BCUT2D eigenvalue weighted by Crippen LogP contribution is 2.42. The minimum Gasteiger partial charge on any atom is -0.391 e. The van der Waals surface area contributed by atoms with E-state index in [1.807, 2.05) is 0 Å². The highest BCUT2D eigenvalue weighted by atomic mass is 35.5. The Bertz CT molecular complexity index is 426. The zero-order valence-electron chi connectivity index (χ0n) is 9.13. The molecular formula is C10H12ClF3N2O. The number of aliphatic hydroxyl groups excluding tert-OH is 1. The van der Waals surface area contributed by atoms with Gasteiger partial charge in [-0.15, -0.1) is 0 Å². The molecule has 1 aromatic heterocycles. The molecule has 17 heavy (non-hydrogen) atoms. The maximum absolute atomic E-state index is 12.7. The van der Waals surface area contributed by atoms with Gasteiger partial charge in [-0.1, -0.05) is 11.6 Å². The predicted molar refractivity (Wildman–Crippen MR) is 55.6 cm³/mol. The molecule has 1 fully saturated rings. The summed E-state index contributed by atoms with van der Waals surface area (Å²) in [6, 6.07) is -0.163. The fraction of sp³-hybridized carbons (Fsp3) is 0.700. The van der Waals surface area contributed by atoms with Gasteiger partial charge in [0, 0.05) is 5.56 Å². The van der Waals surface area contributed by atoms with Crippen molar-refractivity contribution in [3.63, 3.8) is 0 Å². The lowest BCUT2D eigenvalue weighted by molar-refractivity contribution is -0.142. The number of halogens is 4. The Morgan fingerprint density at radius 1 is 1.53 bits per heavy atom. The number of hydrogen-bond acceptors (Lipinski definition) is 2. The molecule has 1 N–H and O–H groups in total. The third kappa shape index (κ3) is 2.28. The molecule has 1 atom stereocenters. The van der Waals surface area contributed by atoms with E-state index in [9.17, 15) is 13.2 Å². The van der Waals surface area contributed by atoms with Crippen molar-refractivity contribution in [1.29, 1.82) is 0 Å². The molecule has 7 heteroatoms. The Labute approximate surface area is 101 Å². The molecule has 1 unspecified atom stereocenters. The monoisotopic (exact) mass is 268 g/mol. The molecule has 96 valence electrons. The molecule has 0 aromatic carbocycles. The summed E-state index contributed by atoms with van der Waals surface area (Å²) in [4.78, 5) is 0. The number of rotatable bonds is 3. The second-order valence-corrected chi connectivity index (χ2v) is 4.65. The van der Waals surface area contributed by atoms with E-state index in [2.05, 4.69) is 5.10 Å². The molecule has 1 heterocycles. The van der Waals surface area contributed by atoms with Gasteiger partial charge in [0.25, 0.3) is 0 Å². The summed E-state index contributed by atoms with van der Waals surface area (Å²) >= 11 is 5.84. The van der Waals surface area contributed by atoms with Gasteiger partial charge < -0.3 is 5.11 Å². The van der Waals surface area contributed by atoms with Crippen LogP contribution in [0.4, 0.5) is 13.2 Å². The minimum atomic E-state index is -4.59. The van der Waals surface area contributed by atoms with E-state index < -0.39 is 18.5 Å². The normalized spacial score (nSPS) is 18.5. The van der Waals surface area contributed by atoms with Gasteiger partial charge >= 0.3 is 6.18 Å². The number of aromatic nitrogens is 2. The maximum atomic E-state index is 12.7. The van der Waals surface area contributed by atoms with Crippen LogP contribution < -0.4 is 0 Å². The minimum absolute atomic E-state index is 0.112. The Hall–Kier alpha value is -0.750. The molecule has 0 radical (unpaired) electrons. The predicted octanol–water partition coefficient (Wildman–Crippen LogP) is 3.02. The fourth-order valence-corrected chi connectivity index (χ4v) is 2.21. The summed E-state index contributed by atoms with van der Waals surface area (Å²) in [5.41, 5.74) is -1.43. The number of nitrogens with zero attached hydrogens (tertiary/aromatic N) is 2. The lowest BCUT2D eigenvalue weighted by Gasteiger charge is -2.11. The van der Waals surface area contributed by atoms with E-state index in [0.717, 1.165) is 12.8 Å². The molecule has 3 nitrogen and oxygen atoms in total. The summed E-state index contributed by atoms with van der Waals surface area (Å²) < 4.78 is 39.2. The van der Waals surface area contributed by atoms with Crippen LogP contribution in [0.1, 0.15) is 37.1 Å². The van der Waals surface area contributed by atoms with Crippen molar-refractivity contribution < 1.29 is 18.3 Å². The molecule has 0 aliphatic heterocycles. The quantitative estimate of drug-likeness (QED) is 0.915. The van der Waals surface area contributed by atoms with E-state index in [-0.39, 0.29) is 16.8 Å². The molecular weight excluding hydrogens is 257 g/mol. The Balaban J connectivity index is 2.44. The van der Waals surface area contributed by atoms with Crippen molar-refractivity contribution in [1.82, 2.24) is 9.78 Å². The molecule has 1 aliphatic rings. The van der Waals surface area contributed by atoms with Crippen LogP contribution in [0.15, 0.2) is 0 Å². The standard InChI is InChI=1S/C10H12ClF3N2O/c1-5(6-2-3-6)16-9(11)7(4-17)8(15-16)10(12,13)14/h5-6,17H,2-4H2,1H3. The zero-order chi connectivity index (χ0) is 12.8. The topological polar surface area (TPSA) is 38.0 Å². The molecule has 2 rings (SSSR count). The first kappa shape index (κ1) is 12.7. The highest BCUT2D eigenvalue weighted by molar-refractivity contribution is 6.30. The fourth-order valence-electron chi connectivity index (χ4n) is 1.86. The summed E-state index contributed by atoms with van der Waals surface area (Å²) in [5, 5.41) is 12.4. The Morgan fingerprint density at radius 2 is 2.12 bits per heavy atom. The molecule has 1 saturated carbocycles. The van der Waals surface area contributed by atoms with Crippen LogP contribution in [-0.4, -0.2) is 14.9 Å². The summed E-state index contributed by atoms with van der Waals surface area (Å²) in [6.45, 7) is 1.03. The van der Waals surface area contributed by atoms with Gasteiger partial charge in [0.2, 0.25) is 0 Å². The van der Waals surface area contributed by atoms with Gasteiger partial charge in [-0.05, 0) is 25.7 Å². The van der Waals surface area contributed by atoms with Gasteiger partial charge in [-0.3, -0.25) is 0 Å². The highest BCUT2D eigenvalue weighted by Gasteiger charge is 2.40. The van der Waals surface area contributed by atoms with Crippen LogP contribution in [0.3, 0.4) is 0 Å². The van der Waals surface area contributed by atoms with E-state index in [4.69, 9.17) is 16.7 Å². The van der Waals surface area contributed by atoms with E-state index in [1.165, 1.54) is 4.68 Å². The third-order valence-electron chi connectivity index (χ3n) is 3.06. The average molecular weight is 269 g/mol. The SMILES string of the molecule is CC(C1CC1)n1nc(C(F)(F)F)c(CO)c1Cl. The summed E-state index contributed by atoms with van der Waals surface area (Å²) in [5.74, 6) is 0.333. The smallest absolute Gasteiger partial charge is 0.391 e. The van der Waals surface area contributed by atoms with Crippen molar-refractivity contribution in [3.8, 4) is 0 Å². The van der Waals surface area contributed by atoms with Crippen molar-refractivity contribution in [3.05, 3.63) is 16.4 Å². The van der Waals surface area contributed by atoms with Crippen LogP contribution >= 0.6 is 11.6 Å². The van der Waals surface area contributed by atoms with E-state index in [1.54, 1.807) is 6.92 Å². The lowest BCUT2D eigenvalue weighted by Crippen LogP contribution is -2.12. The zero-order valence-corrected chi connectivity index (χ0v) is 9.89. The first-order valence-corrected chi connectivity index (χ1v) is 5.69.